The van der Waals surface area contributed by atoms with E-state index < -0.39 is 0 Å². The Morgan fingerprint density at radius 1 is 0.698 bits per heavy atom. The molecule has 2 saturated carbocycles. The summed E-state index contributed by atoms with van der Waals surface area (Å²) in [5, 5.41) is 0. The van der Waals surface area contributed by atoms with E-state index in [0.29, 0.717) is 35.8 Å². The van der Waals surface area contributed by atoms with Gasteiger partial charge in [0.15, 0.2) is 0 Å². The minimum Gasteiger partial charge on any atom is -0.341 e. The molecule has 2 unspecified atom stereocenters. The minimum absolute atomic E-state index is 0.166. The van der Waals surface area contributed by atoms with Crippen LogP contribution in [0.25, 0.3) is 0 Å². The highest BCUT2D eigenvalue weighted by Gasteiger charge is 2.80. The van der Waals surface area contributed by atoms with Gasteiger partial charge in [0, 0.05) is 60.7 Å². The van der Waals surface area contributed by atoms with Gasteiger partial charge in [0.25, 0.3) is 0 Å². The molecule has 12 rings (SSSR count). The Morgan fingerprint density at radius 2 is 1.16 bits per heavy atom. The van der Waals surface area contributed by atoms with Gasteiger partial charge in [-0.1, -0.05) is 48.6 Å². The van der Waals surface area contributed by atoms with E-state index in [9.17, 15) is 0 Å². The van der Waals surface area contributed by atoms with Crippen LogP contribution in [-0.4, -0.2) is 62.8 Å². The molecule has 0 radical (unpaired) electrons. The highest BCUT2D eigenvalue weighted by molar-refractivity contribution is 5.72. The van der Waals surface area contributed by atoms with Gasteiger partial charge in [0.05, 0.1) is 49.1 Å². The zero-order valence-corrected chi connectivity index (χ0v) is 25.5. The average molecular weight is 573 g/mol. The molecule has 6 saturated heterocycles. The van der Waals surface area contributed by atoms with Crippen molar-refractivity contribution in [1.29, 1.82) is 0 Å². The maximum Gasteiger partial charge on any atom is 0.138 e. The van der Waals surface area contributed by atoms with Crippen molar-refractivity contribution < 1.29 is 14.5 Å². The number of hydrogen-bond acceptors (Lipinski definition) is 3. The number of piperidine rings is 2. The summed E-state index contributed by atoms with van der Waals surface area (Å²) in [5.74, 6) is 2.25. The molecule has 8 aliphatic heterocycles. The Balaban J connectivity index is 1.16. The number of nitrogens with one attached hydrogen (secondary N) is 2. The van der Waals surface area contributed by atoms with Crippen LogP contribution in [0.1, 0.15) is 50.7 Å². The molecule has 2 aromatic carbocycles. The lowest BCUT2D eigenvalue weighted by Crippen LogP contribution is -3.17. The monoisotopic (exact) mass is 572 g/mol. The smallest absolute Gasteiger partial charge is 0.138 e. The van der Waals surface area contributed by atoms with Crippen molar-refractivity contribution in [3.63, 3.8) is 0 Å². The van der Waals surface area contributed by atoms with Gasteiger partial charge in [-0.05, 0) is 48.3 Å². The van der Waals surface area contributed by atoms with Crippen molar-refractivity contribution in [3.05, 3.63) is 83.0 Å². The summed E-state index contributed by atoms with van der Waals surface area (Å²) in [6.45, 7) is 9.79. The lowest BCUT2D eigenvalue weighted by Gasteiger charge is -2.68. The van der Waals surface area contributed by atoms with Gasteiger partial charge in [0.2, 0.25) is 0 Å². The van der Waals surface area contributed by atoms with Crippen molar-refractivity contribution >= 4 is 11.4 Å². The Morgan fingerprint density at radius 3 is 1.63 bits per heavy atom. The standard InChI is InChI=1S/C38H42N4O/c1-3-21-19-39-15-13-37-25-9-5-7-11-27(25)41-33(37)31(23(21)17-29(37)39)35-42-28-12-8-6-10-26(28)38-14-16-40-20-22(4-2)24(18-30(38)40)32(34(38)42)36(41)43-35/h3-12,23-24,29-36H,13-20H2,1-2H3/p+2/b21-3+,22-4+/t23-,24-,29-,30-,31-,32-,33-,34-,35+,36+,37+,38+/m0/s1. The largest absolute Gasteiger partial charge is 0.341 e. The van der Waals surface area contributed by atoms with Crippen molar-refractivity contribution in [3.8, 4) is 0 Å². The zero-order chi connectivity index (χ0) is 28.0. The van der Waals surface area contributed by atoms with Crippen molar-refractivity contribution in [2.75, 3.05) is 36.0 Å². The van der Waals surface area contributed by atoms with Crippen molar-refractivity contribution in [2.24, 2.45) is 23.7 Å². The van der Waals surface area contributed by atoms with Gasteiger partial charge >= 0.3 is 0 Å². The van der Waals surface area contributed by atoms with E-state index in [1.807, 2.05) is 9.80 Å². The van der Waals surface area contributed by atoms with Crippen LogP contribution in [-0.2, 0) is 15.6 Å². The number of para-hydroxylation sites is 2. The molecular weight excluding hydrogens is 528 g/mol. The van der Waals surface area contributed by atoms with Crippen LogP contribution < -0.4 is 19.6 Å². The number of nitrogens with zero attached hydrogens (tertiary/aromatic N) is 2. The maximum absolute atomic E-state index is 7.79. The fraction of sp³-hybridized carbons (Fsp3) is 0.579. The van der Waals surface area contributed by atoms with Crippen LogP contribution in [0.2, 0.25) is 0 Å². The topological polar surface area (TPSA) is 24.6 Å². The molecule has 8 fully saturated rings. The molecule has 2 aliphatic carbocycles. The number of anilines is 2. The molecule has 2 N–H and O–H groups in total. The summed E-state index contributed by atoms with van der Waals surface area (Å²) in [7, 11) is 0. The molecule has 5 nitrogen and oxygen atoms in total. The zero-order valence-electron chi connectivity index (χ0n) is 25.5. The summed E-state index contributed by atoms with van der Waals surface area (Å²) in [4.78, 5) is 9.71. The molecule has 220 valence electrons. The number of hydrogen-bond donors (Lipinski definition) is 2. The fourth-order valence-electron chi connectivity index (χ4n) is 14.7. The molecule has 8 heterocycles. The Hall–Kier alpha value is -2.60. The first kappa shape index (κ1) is 23.7. The van der Waals surface area contributed by atoms with Gasteiger partial charge in [-0.3, -0.25) is 0 Å². The van der Waals surface area contributed by atoms with Crippen LogP contribution in [0, 0.1) is 23.7 Å². The van der Waals surface area contributed by atoms with Gasteiger partial charge in [-0.2, -0.15) is 0 Å². The summed E-state index contributed by atoms with van der Waals surface area (Å²) in [6, 6.07) is 22.0. The van der Waals surface area contributed by atoms with E-state index in [1.54, 1.807) is 22.3 Å². The first-order valence-electron chi connectivity index (χ1n) is 17.6. The van der Waals surface area contributed by atoms with E-state index in [2.05, 4.69) is 84.3 Å². The lowest BCUT2D eigenvalue weighted by atomic mass is 9.51. The Kier molecular flexibility index (Phi) is 4.10. The predicted octanol–water partition coefficient (Wildman–Crippen LogP) is 2.44. The third-order valence-electron chi connectivity index (χ3n) is 15.7. The number of benzene rings is 2. The van der Waals surface area contributed by atoms with Crippen LogP contribution >= 0.6 is 0 Å². The van der Waals surface area contributed by atoms with Gasteiger partial charge in [-0.25, -0.2) is 0 Å². The Bertz CT molecular complexity index is 1560. The summed E-state index contributed by atoms with van der Waals surface area (Å²) in [5.41, 5.74) is 10.4. The first-order chi connectivity index (χ1) is 21.2. The summed E-state index contributed by atoms with van der Waals surface area (Å²) in [6.07, 6.45) is 10.7. The molecule has 14 atom stereocenters. The number of fused-ring (bicyclic) bond motifs is 14. The highest BCUT2D eigenvalue weighted by atomic mass is 16.5. The first-order valence-corrected chi connectivity index (χ1v) is 17.6. The van der Waals surface area contributed by atoms with E-state index in [1.165, 1.54) is 63.2 Å². The molecule has 6 bridgehead atoms. The molecule has 10 aliphatic rings. The van der Waals surface area contributed by atoms with Crippen LogP contribution in [0.4, 0.5) is 11.4 Å². The normalized spacial score (nSPS) is 53.2. The SMILES string of the molecule is C/C=C1\C[NH+]2CC[C@]34c5ccccc5N5[C@@H]6O[C@H]([C@H]([C@H]53)[C@H]1C[C@H]24)N1c2ccccc2[C@]23CC[NH+]4C/C(=C\C)[C@H](C[C@H]42)[C@H]6[C@H]13. The molecular formula is C38H44N4O+2. The molecule has 0 amide bonds. The third-order valence-corrected chi connectivity index (χ3v) is 15.7. The van der Waals surface area contributed by atoms with E-state index in [0.717, 1.165) is 12.1 Å². The van der Waals surface area contributed by atoms with E-state index in [-0.39, 0.29) is 23.3 Å². The fourth-order valence-corrected chi connectivity index (χ4v) is 14.7. The van der Waals surface area contributed by atoms with Crippen LogP contribution in [0.15, 0.2) is 71.8 Å². The van der Waals surface area contributed by atoms with Gasteiger partial charge < -0.3 is 24.3 Å². The molecule has 43 heavy (non-hydrogen) atoms. The second-order valence-corrected chi connectivity index (χ2v) is 16.1. The van der Waals surface area contributed by atoms with Crippen molar-refractivity contribution in [2.45, 2.75) is 87.0 Å². The van der Waals surface area contributed by atoms with Crippen LogP contribution in [0.3, 0.4) is 0 Å². The number of ether oxygens (including phenoxy) is 1. The van der Waals surface area contributed by atoms with Crippen molar-refractivity contribution in [1.82, 2.24) is 0 Å². The number of allylic oxidation sites excluding steroid dienone is 2. The maximum atomic E-state index is 7.79. The van der Waals surface area contributed by atoms with E-state index in [4.69, 9.17) is 4.74 Å². The second-order valence-electron chi connectivity index (χ2n) is 16.1. The van der Waals surface area contributed by atoms with Gasteiger partial charge in [-0.15, -0.1) is 0 Å². The third kappa shape index (κ3) is 2.28. The number of quaternary nitrogens is 2. The van der Waals surface area contributed by atoms with Crippen LogP contribution in [0.5, 0.6) is 0 Å². The Labute approximate surface area is 255 Å². The minimum atomic E-state index is 0.166. The van der Waals surface area contributed by atoms with E-state index >= 15 is 0 Å². The second kappa shape index (κ2) is 7.43. The molecule has 2 aromatic rings. The average Bonchev–Trinajstić information content (AvgIpc) is 3.80. The summed E-state index contributed by atoms with van der Waals surface area (Å²) >= 11 is 0. The summed E-state index contributed by atoms with van der Waals surface area (Å²) < 4.78 is 7.79. The predicted molar refractivity (Wildman–Crippen MR) is 166 cm³/mol. The molecule has 0 aromatic heterocycles. The lowest BCUT2D eigenvalue weighted by molar-refractivity contribution is -0.916. The highest BCUT2D eigenvalue weighted by Crippen LogP contribution is 2.69. The van der Waals surface area contributed by atoms with Gasteiger partial charge in [0.1, 0.15) is 24.5 Å². The number of rotatable bonds is 0. The molecule has 2 spiro atoms. The molecule has 5 heteroatoms. The quantitative estimate of drug-likeness (QED) is 0.475.